The van der Waals surface area contributed by atoms with Crippen LogP contribution in [0.1, 0.15) is 11.1 Å². The highest BCUT2D eigenvalue weighted by atomic mass is 14.6. The van der Waals surface area contributed by atoms with Gasteiger partial charge in [-0.3, -0.25) is 0 Å². The van der Waals surface area contributed by atoms with Crippen molar-refractivity contribution in [1.29, 1.82) is 0 Å². The Kier molecular flexibility index (Phi) is 3.34. The predicted molar refractivity (Wildman–Crippen MR) is 67.7 cm³/mol. The molecule has 2 aromatic carbocycles. The van der Waals surface area contributed by atoms with Crippen molar-refractivity contribution in [3.05, 3.63) is 59.7 Å². The van der Waals surface area contributed by atoms with Gasteiger partial charge in [0.2, 0.25) is 0 Å². The van der Waals surface area contributed by atoms with Crippen LogP contribution in [0.5, 0.6) is 0 Å². The number of hydrogen-bond acceptors (Lipinski definition) is 2. The Bertz CT molecular complexity index is 463. The molecule has 0 aromatic heterocycles. The smallest absolute Gasteiger partial charge is 0.0187 e. The summed E-state index contributed by atoms with van der Waals surface area (Å²) in [4.78, 5) is 0. The van der Waals surface area contributed by atoms with E-state index in [9.17, 15) is 0 Å². The first-order valence-corrected chi connectivity index (χ1v) is 5.43. The molecule has 0 saturated heterocycles. The van der Waals surface area contributed by atoms with Gasteiger partial charge in [0.15, 0.2) is 0 Å². The molecule has 0 radical (unpaired) electrons. The Balaban J connectivity index is 2.57. The van der Waals surface area contributed by atoms with E-state index in [0.29, 0.717) is 13.1 Å². The zero-order chi connectivity index (χ0) is 11.4. The minimum absolute atomic E-state index is 0.525. The lowest BCUT2D eigenvalue weighted by Gasteiger charge is -2.12. The van der Waals surface area contributed by atoms with E-state index in [0.717, 1.165) is 11.1 Å². The molecule has 0 amide bonds. The lowest BCUT2D eigenvalue weighted by atomic mass is 9.95. The summed E-state index contributed by atoms with van der Waals surface area (Å²) in [5, 5.41) is 0. The van der Waals surface area contributed by atoms with Gasteiger partial charge >= 0.3 is 0 Å². The summed E-state index contributed by atoms with van der Waals surface area (Å²) in [5.74, 6) is 0. The highest BCUT2D eigenvalue weighted by molar-refractivity contribution is 5.68. The summed E-state index contributed by atoms with van der Waals surface area (Å²) < 4.78 is 0. The van der Waals surface area contributed by atoms with E-state index in [1.54, 1.807) is 0 Å². The largest absolute Gasteiger partial charge is 0.326 e. The Morgan fingerprint density at radius 2 is 1.50 bits per heavy atom. The molecule has 2 rings (SSSR count). The van der Waals surface area contributed by atoms with E-state index >= 15 is 0 Å². The average molecular weight is 212 g/mol. The van der Waals surface area contributed by atoms with Crippen LogP contribution in [0.4, 0.5) is 0 Å². The van der Waals surface area contributed by atoms with Gasteiger partial charge < -0.3 is 11.5 Å². The number of hydrogen-bond donors (Lipinski definition) is 2. The monoisotopic (exact) mass is 212 g/mol. The van der Waals surface area contributed by atoms with Gasteiger partial charge in [-0.1, -0.05) is 48.5 Å². The van der Waals surface area contributed by atoms with Gasteiger partial charge in [0.05, 0.1) is 0 Å². The van der Waals surface area contributed by atoms with Gasteiger partial charge in [-0.15, -0.1) is 0 Å². The highest BCUT2D eigenvalue weighted by Crippen LogP contribution is 2.25. The summed E-state index contributed by atoms with van der Waals surface area (Å²) >= 11 is 0. The van der Waals surface area contributed by atoms with Crippen LogP contribution in [0.2, 0.25) is 0 Å². The van der Waals surface area contributed by atoms with Crippen molar-refractivity contribution in [1.82, 2.24) is 0 Å². The second-order valence-corrected chi connectivity index (χ2v) is 3.72. The number of nitrogens with two attached hydrogens (primary N) is 2. The zero-order valence-electron chi connectivity index (χ0n) is 9.19. The Hall–Kier alpha value is -1.64. The highest BCUT2D eigenvalue weighted by Gasteiger charge is 2.06. The number of benzene rings is 2. The minimum Gasteiger partial charge on any atom is -0.326 e. The van der Waals surface area contributed by atoms with Crippen LogP contribution in [-0.4, -0.2) is 0 Å². The van der Waals surface area contributed by atoms with Crippen LogP contribution in [0.3, 0.4) is 0 Å². The van der Waals surface area contributed by atoms with Crippen molar-refractivity contribution >= 4 is 0 Å². The first kappa shape index (κ1) is 10.9. The molecular formula is C14H16N2. The van der Waals surface area contributed by atoms with Crippen LogP contribution in [0, 0.1) is 0 Å². The van der Waals surface area contributed by atoms with E-state index in [2.05, 4.69) is 18.2 Å². The molecule has 0 atom stereocenters. The fraction of sp³-hybridized carbons (Fsp3) is 0.143. The molecule has 2 heteroatoms. The normalized spacial score (nSPS) is 10.4. The fourth-order valence-electron chi connectivity index (χ4n) is 1.96. The van der Waals surface area contributed by atoms with Crippen LogP contribution >= 0.6 is 0 Å². The maximum absolute atomic E-state index is 5.81. The van der Waals surface area contributed by atoms with E-state index in [4.69, 9.17) is 11.5 Å². The second-order valence-electron chi connectivity index (χ2n) is 3.72. The summed E-state index contributed by atoms with van der Waals surface area (Å²) in [6, 6.07) is 16.4. The van der Waals surface area contributed by atoms with Crippen LogP contribution < -0.4 is 11.5 Å². The van der Waals surface area contributed by atoms with Crippen molar-refractivity contribution in [3.8, 4) is 11.1 Å². The van der Waals surface area contributed by atoms with E-state index in [-0.39, 0.29) is 0 Å². The standard InChI is InChI=1S/C14H16N2/c15-9-12-7-4-8-13(14(12)10-16)11-5-2-1-3-6-11/h1-8H,9-10,15-16H2. The number of rotatable bonds is 3. The molecule has 0 aliphatic heterocycles. The third-order valence-electron chi connectivity index (χ3n) is 2.78. The minimum atomic E-state index is 0.525. The van der Waals surface area contributed by atoms with Gasteiger partial charge in [-0.2, -0.15) is 0 Å². The third kappa shape index (κ3) is 1.98. The van der Waals surface area contributed by atoms with E-state index < -0.39 is 0 Å². The lowest BCUT2D eigenvalue weighted by Crippen LogP contribution is -2.07. The molecule has 0 heterocycles. The summed E-state index contributed by atoms with van der Waals surface area (Å²) in [6.07, 6.45) is 0. The molecular weight excluding hydrogens is 196 g/mol. The van der Waals surface area contributed by atoms with E-state index in [1.165, 1.54) is 11.1 Å². The third-order valence-corrected chi connectivity index (χ3v) is 2.78. The molecule has 2 nitrogen and oxygen atoms in total. The van der Waals surface area contributed by atoms with E-state index in [1.807, 2.05) is 30.3 Å². The fourth-order valence-corrected chi connectivity index (χ4v) is 1.96. The Labute approximate surface area is 95.9 Å². The quantitative estimate of drug-likeness (QED) is 0.820. The predicted octanol–water partition coefficient (Wildman–Crippen LogP) is 2.27. The topological polar surface area (TPSA) is 52.0 Å². The second kappa shape index (κ2) is 4.92. The molecule has 4 N–H and O–H groups in total. The molecule has 2 aromatic rings. The van der Waals surface area contributed by atoms with Crippen molar-refractivity contribution in [3.63, 3.8) is 0 Å². The van der Waals surface area contributed by atoms with Crippen molar-refractivity contribution in [2.45, 2.75) is 13.1 Å². The van der Waals surface area contributed by atoms with Crippen LogP contribution in [0.15, 0.2) is 48.5 Å². The molecule has 0 spiro atoms. The Morgan fingerprint density at radius 1 is 0.750 bits per heavy atom. The average Bonchev–Trinajstić information content (AvgIpc) is 2.38. The summed E-state index contributed by atoms with van der Waals surface area (Å²) in [6.45, 7) is 1.06. The maximum Gasteiger partial charge on any atom is 0.0187 e. The van der Waals surface area contributed by atoms with Crippen LogP contribution in [-0.2, 0) is 13.1 Å². The van der Waals surface area contributed by atoms with Crippen molar-refractivity contribution in [2.75, 3.05) is 0 Å². The molecule has 82 valence electrons. The van der Waals surface area contributed by atoms with Gasteiger partial charge in [0, 0.05) is 13.1 Å². The first-order chi connectivity index (χ1) is 7.86. The van der Waals surface area contributed by atoms with Gasteiger partial charge in [-0.25, -0.2) is 0 Å². The molecule has 0 bridgehead atoms. The summed E-state index contributed by atoms with van der Waals surface area (Å²) in [7, 11) is 0. The molecule has 0 unspecified atom stereocenters. The maximum atomic E-state index is 5.81. The van der Waals surface area contributed by atoms with Gasteiger partial charge in [0.25, 0.3) is 0 Å². The molecule has 0 aliphatic carbocycles. The molecule has 16 heavy (non-hydrogen) atoms. The van der Waals surface area contributed by atoms with Crippen molar-refractivity contribution in [2.24, 2.45) is 11.5 Å². The SMILES string of the molecule is NCc1cccc(-c2ccccc2)c1CN. The Morgan fingerprint density at radius 3 is 2.12 bits per heavy atom. The van der Waals surface area contributed by atoms with Gasteiger partial charge in [0.1, 0.15) is 0 Å². The summed E-state index contributed by atoms with van der Waals surface area (Å²) in [5.41, 5.74) is 16.2. The van der Waals surface area contributed by atoms with Gasteiger partial charge in [-0.05, 0) is 22.3 Å². The zero-order valence-corrected chi connectivity index (χ0v) is 9.19. The molecule has 0 saturated carbocycles. The van der Waals surface area contributed by atoms with Crippen molar-refractivity contribution < 1.29 is 0 Å². The molecule has 0 aliphatic rings. The first-order valence-electron chi connectivity index (χ1n) is 5.43. The lowest BCUT2D eigenvalue weighted by molar-refractivity contribution is 0.982. The van der Waals surface area contributed by atoms with Crippen LogP contribution in [0.25, 0.3) is 11.1 Å². The molecule has 0 fully saturated rings.